The Kier molecular flexibility index (Phi) is 8.20. The number of nitrogens with zero attached hydrogens (tertiary/aromatic N) is 1. The molecule has 14 heteroatoms. The molecule has 0 aliphatic carbocycles. The Hall–Kier alpha value is -2.99. The topological polar surface area (TPSA) is 162 Å². The van der Waals surface area contributed by atoms with Gasteiger partial charge in [0.25, 0.3) is 0 Å². The summed E-state index contributed by atoms with van der Waals surface area (Å²) < 4.78 is 54.3. The molecule has 1 amide bonds. The second kappa shape index (κ2) is 10.3. The number of carboxylic acid groups (broad SMARTS) is 1. The molecule has 178 valence electrons. The first-order valence-electron chi connectivity index (χ1n) is 9.22. The van der Waals surface area contributed by atoms with Crippen LogP contribution in [0.2, 0.25) is 0 Å². The zero-order chi connectivity index (χ0) is 25.0. The van der Waals surface area contributed by atoms with Gasteiger partial charge in [0.1, 0.15) is 11.1 Å². The maximum atomic E-state index is 12.3. The number of halogens is 3. The van der Waals surface area contributed by atoms with Gasteiger partial charge < -0.3 is 15.7 Å². The van der Waals surface area contributed by atoms with Gasteiger partial charge >= 0.3 is 12.1 Å². The quantitative estimate of drug-likeness (QED) is 0.496. The molecular formula is C19H19F3N4O5S2. The molecular weight excluding hydrogens is 485 g/mol. The first kappa shape index (κ1) is 26.3. The zero-order valence-electron chi connectivity index (χ0n) is 17.1. The second-order valence-electron chi connectivity index (χ2n) is 7.02. The monoisotopic (exact) mass is 504 g/mol. The molecule has 0 spiro atoms. The molecule has 1 aliphatic heterocycles. The Bertz CT molecular complexity index is 1190. The van der Waals surface area contributed by atoms with Crippen LogP contribution in [0, 0.1) is 11.3 Å². The second-order valence-corrected chi connectivity index (χ2v) is 9.69. The van der Waals surface area contributed by atoms with Gasteiger partial charge in [0.15, 0.2) is 0 Å². The van der Waals surface area contributed by atoms with E-state index in [1.165, 1.54) is 23.5 Å². The van der Waals surface area contributed by atoms with Crippen LogP contribution in [0.25, 0.3) is 0 Å². The van der Waals surface area contributed by atoms with Crippen LogP contribution >= 0.6 is 11.3 Å². The van der Waals surface area contributed by atoms with Crippen LogP contribution < -0.4 is 15.8 Å². The van der Waals surface area contributed by atoms with E-state index in [1.54, 1.807) is 12.1 Å². The number of primary sulfonamides is 1. The van der Waals surface area contributed by atoms with Crippen LogP contribution in [0.5, 0.6) is 0 Å². The van der Waals surface area contributed by atoms with Crippen molar-refractivity contribution in [2.75, 3.05) is 5.32 Å². The number of carbonyl (C=O) groups excluding carboxylic acids is 1. The molecule has 0 bridgehead atoms. The SMILES string of the molecule is CC1Cc2sc(NC(=O)Cc3ccc(S(N)(=O)=O)cc3)c(C#N)c2CN1.O=C(O)C(F)(F)F. The number of carbonyl (C=O) groups is 2. The number of hydrogen-bond acceptors (Lipinski definition) is 7. The van der Waals surface area contributed by atoms with Gasteiger partial charge in [0.2, 0.25) is 15.9 Å². The summed E-state index contributed by atoms with van der Waals surface area (Å²) in [5.41, 5.74) is 2.13. The Morgan fingerprint density at radius 3 is 2.39 bits per heavy atom. The Morgan fingerprint density at radius 1 is 1.33 bits per heavy atom. The van der Waals surface area contributed by atoms with Crippen LogP contribution in [-0.2, 0) is 39.0 Å². The van der Waals surface area contributed by atoms with Gasteiger partial charge in [-0.3, -0.25) is 4.79 Å². The molecule has 1 aromatic carbocycles. The summed E-state index contributed by atoms with van der Waals surface area (Å²) in [4.78, 5) is 22.4. The number of aliphatic carboxylic acids is 1. The summed E-state index contributed by atoms with van der Waals surface area (Å²) in [6.45, 7) is 2.71. The Labute approximate surface area is 191 Å². The smallest absolute Gasteiger partial charge is 0.475 e. The van der Waals surface area contributed by atoms with Gasteiger partial charge in [-0.15, -0.1) is 11.3 Å². The zero-order valence-corrected chi connectivity index (χ0v) is 18.7. The van der Waals surface area contributed by atoms with E-state index >= 15 is 0 Å². The number of sulfonamides is 1. The van der Waals surface area contributed by atoms with E-state index in [1.807, 2.05) is 0 Å². The lowest BCUT2D eigenvalue weighted by atomic mass is 10.0. The van der Waals surface area contributed by atoms with Crippen LogP contribution in [0.1, 0.15) is 28.5 Å². The van der Waals surface area contributed by atoms with Gasteiger partial charge in [0, 0.05) is 17.5 Å². The predicted octanol–water partition coefficient (Wildman–Crippen LogP) is 2.12. The lowest BCUT2D eigenvalue weighted by Crippen LogP contribution is -2.32. The third-order valence-corrected chi connectivity index (χ3v) is 6.53. The number of fused-ring (bicyclic) bond motifs is 1. The minimum Gasteiger partial charge on any atom is -0.475 e. The van der Waals surface area contributed by atoms with Gasteiger partial charge in [-0.25, -0.2) is 18.4 Å². The molecule has 0 saturated carbocycles. The minimum absolute atomic E-state index is 0.000904. The highest BCUT2D eigenvalue weighted by Crippen LogP contribution is 2.35. The maximum Gasteiger partial charge on any atom is 0.490 e. The number of nitriles is 1. The number of carboxylic acids is 1. The maximum absolute atomic E-state index is 12.3. The first-order chi connectivity index (χ1) is 15.2. The van der Waals surface area contributed by atoms with Crippen molar-refractivity contribution in [3.8, 4) is 6.07 Å². The van der Waals surface area contributed by atoms with E-state index < -0.39 is 22.2 Å². The Morgan fingerprint density at radius 2 is 1.91 bits per heavy atom. The fourth-order valence-electron chi connectivity index (χ4n) is 2.85. The van der Waals surface area contributed by atoms with E-state index in [-0.39, 0.29) is 17.2 Å². The number of nitrogens with one attached hydrogen (secondary N) is 2. The average Bonchev–Trinajstić information content (AvgIpc) is 3.03. The molecule has 2 heterocycles. The van der Waals surface area contributed by atoms with E-state index in [2.05, 4.69) is 23.6 Å². The first-order valence-corrected chi connectivity index (χ1v) is 11.6. The normalized spacial score (nSPS) is 15.5. The standard InChI is InChI=1S/C17H18N4O3S2.C2HF3O2/c1-10-6-15-14(9-20-10)13(8-18)17(25-15)21-16(22)7-11-2-4-12(5-3-11)26(19,23)24;3-2(4,5)1(6)7/h2-5,10,20H,6-7,9H2,1H3,(H,21,22)(H2,19,23,24);(H,6,7). The van der Waals surface area contributed by atoms with Crippen LogP contribution in [0.4, 0.5) is 18.2 Å². The largest absolute Gasteiger partial charge is 0.490 e. The summed E-state index contributed by atoms with van der Waals surface area (Å²) in [7, 11) is -3.75. The third kappa shape index (κ3) is 7.26. The number of amides is 1. The fourth-order valence-corrected chi connectivity index (χ4v) is 4.68. The van der Waals surface area contributed by atoms with Gasteiger partial charge in [-0.1, -0.05) is 12.1 Å². The number of alkyl halides is 3. The average molecular weight is 505 g/mol. The van der Waals surface area contributed by atoms with E-state index in [0.717, 1.165) is 16.9 Å². The van der Waals surface area contributed by atoms with Crippen molar-refractivity contribution in [2.24, 2.45) is 5.14 Å². The lowest BCUT2D eigenvalue weighted by molar-refractivity contribution is -0.192. The van der Waals surface area contributed by atoms with E-state index in [0.29, 0.717) is 28.7 Å². The highest BCUT2D eigenvalue weighted by atomic mass is 32.2. The van der Waals surface area contributed by atoms with Crippen molar-refractivity contribution in [3.05, 3.63) is 45.8 Å². The number of benzene rings is 1. The number of rotatable bonds is 4. The number of hydrogen-bond donors (Lipinski definition) is 4. The molecule has 2 aromatic rings. The molecule has 3 rings (SSSR count). The van der Waals surface area contributed by atoms with E-state index in [9.17, 15) is 31.6 Å². The molecule has 1 aromatic heterocycles. The summed E-state index contributed by atoms with van der Waals surface area (Å²) >= 11 is 1.44. The van der Waals surface area contributed by atoms with Crippen molar-refractivity contribution in [2.45, 2.75) is 43.4 Å². The number of anilines is 1. The number of thiophene rings is 1. The molecule has 0 fully saturated rings. The van der Waals surface area contributed by atoms with Crippen molar-refractivity contribution in [1.29, 1.82) is 5.26 Å². The molecule has 1 atom stereocenters. The van der Waals surface area contributed by atoms with Crippen LogP contribution in [-0.4, -0.2) is 37.6 Å². The van der Waals surface area contributed by atoms with Gasteiger partial charge in [-0.05, 0) is 36.6 Å². The van der Waals surface area contributed by atoms with Crippen molar-refractivity contribution in [3.63, 3.8) is 0 Å². The molecule has 33 heavy (non-hydrogen) atoms. The molecule has 5 N–H and O–H groups in total. The van der Waals surface area contributed by atoms with Crippen molar-refractivity contribution in [1.82, 2.24) is 5.32 Å². The minimum atomic E-state index is -5.08. The fraction of sp³-hybridized carbons (Fsp3) is 0.316. The molecule has 0 radical (unpaired) electrons. The summed E-state index contributed by atoms with van der Waals surface area (Å²) in [5, 5.41) is 28.3. The van der Waals surface area contributed by atoms with Crippen molar-refractivity contribution < 1.29 is 36.3 Å². The molecule has 9 nitrogen and oxygen atoms in total. The predicted molar refractivity (Wildman–Crippen MR) is 113 cm³/mol. The lowest BCUT2D eigenvalue weighted by Gasteiger charge is -2.19. The highest BCUT2D eigenvalue weighted by molar-refractivity contribution is 7.89. The highest BCUT2D eigenvalue weighted by Gasteiger charge is 2.38. The number of nitrogens with two attached hydrogens (primary N) is 1. The Balaban J connectivity index is 0.000000479. The third-order valence-electron chi connectivity index (χ3n) is 4.43. The van der Waals surface area contributed by atoms with Gasteiger partial charge in [-0.2, -0.15) is 18.4 Å². The van der Waals surface area contributed by atoms with Crippen LogP contribution in [0.3, 0.4) is 0 Å². The van der Waals surface area contributed by atoms with Crippen molar-refractivity contribution >= 4 is 38.2 Å². The summed E-state index contributed by atoms with van der Waals surface area (Å²) in [6.07, 6.45) is -4.17. The van der Waals surface area contributed by atoms with E-state index in [4.69, 9.17) is 15.0 Å². The van der Waals surface area contributed by atoms with Crippen LogP contribution in [0.15, 0.2) is 29.2 Å². The molecule has 0 saturated heterocycles. The molecule has 1 unspecified atom stereocenters. The summed E-state index contributed by atoms with van der Waals surface area (Å²) in [5.74, 6) is -3.02. The van der Waals surface area contributed by atoms with Gasteiger partial charge in [0.05, 0.1) is 16.9 Å². The summed E-state index contributed by atoms with van der Waals surface area (Å²) in [6, 6.07) is 8.37. The molecule has 1 aliphatic rings.